The molecule has 0 saturated carbocycles. The average molecular weight is 418 g/mol. The van der Waals surface area contributed by atoms with Crippen LogP contribution in [0.5, 0.6) is 11.5 Å². The van der Waals surface area contributed by atoms with Crippen molar-refractivity contribution in [1.29, 1.82) is 0 Å². The number of carbonyl (C=O) groups excluding carboxylic acids is 2. The fourth-order valence-corrected chi connectivity index (χ4v) is 2.44. The molecular weight excluding hydrogens is 392 g/mol. The van der Waals surface area contributed by atoms with Crippen molar-refractivity contribution in [2.75, 3.05) is 52.9 Å². The molecule has 0 saturated heterocycles. The Balaban J connectivity index is 1.83. The molecule has 0 aliphatic heterocycles. The van der Waals surface area contributed by atoms with E-state index in [-0.39, 0.29) is 37.6 Å². The maximum atomic E-state index is 12.4. The summed E-state index contributed by atoms with van der Waals surface area (Å²) in [5, 5.41) is 17.2. The molecule has 0 atom stereocenters. The van der Waals surface area contributed by atoms with Gasteiger partial charge in [-0.1, -0.05) is 0 Å². The first-order valence-electron chi connectivity index (χ1n) is 9.57. The third-order valence-electron chi connectivity index (χ3n) is 3.90. The largest absolute Gasteiger partial charge is 0.491 e. The van der Waals surface area contributed by atoms with E-state index in [4.69, 9.17) is 29.2 Å². The minimum Gasteiger partial charge on any atom is -0.491 e. The molecule has 2 aromatic rings. The van der Waals surface area contributed by atoms with Gasteiger partial charge in [-0.3, -0.25) is 9.59 Å². The number of hydrogen-bond donors (Lipinski definition) is 2. The summed E-state index contributed by atoms with van der Waals surface area (Å²) in [5.41, 5.74) is 0.537. The van der Waals surface area contributed by atoms with Crippen LogP contribution >= 0.6 is 0 Å². The molecule has 0 heterocycles. The van der Waals surface area contributed by atoms with Crippen molar-refractivity contribution in [2.45, 2.75) is 0 Å². The Kier molecular flexibility index (Phi) is 10.5. The Bertz CT molecular complexity index is 703. The number of ether oxygens (including phenoxy) is 4. The van der Waals surface area contributed by atoms with E-state index in [0.29, 0.717) is 37.9 Å². The van der Waals surface area contributed by atoms with Gasteiger partial charge in [0, 0.05) is 11.1 Å². The maximum absolute atomic E-state index is 12.4. The lowest BCUT2D eigenvalue weighted by Gasteiger charge is -2.08. The molecule has 0 aliphatic rings. The molecule has 30 heavy (non-hydrogen) atoms. The van der Waals surface area contributed by atoms with Crippen molar-refractivity contribution in [1.82, 2.24) is 0 Å². The zero-order valence-corrected chi connectivity index (χ0v) is 16.6. The van der Waals surface area contributed by atoms with Gasteiger partial charge < -0.3 is 29.2 Å². The second kappa shape index (κ2) is 13.4. The van der Waals surface area contributed by atoms with Gasteiger partial charge in [0.15, 0.2) is 0 Å². The van der Waals surface area contributed by atoms with E-state index >= 15 is 0 Å². The second-order valence-electron chi connectivity index (χ2n) is 6.08. The number of Topliss-reactive ketones (excluding diaryl/α,β-unsaturated/α-hetero) is 2. The monoisotopic (exact) mass is 418 g/mol. The first-order chi connectivity index (χ1) is 14.7. The van der Waals surface area contributed by atoms with Crippen molar-refractivity contribution in [3.05, 3.63) is 59.7 Å². The third kappa shape index (κ3) is 7.92. The number of carbonyl (C=O) groups is 2. The van der Waals surface area contributed by atoms with E-state index in [9.17, 15) is 9.59 Å². The molecule has 0 fully saturated rings. The van der Waals surface area contributed by atoms with Crippen LogP contribution in [0.2, 0.25) is 0 Å². The molecule has 0 amide bonds. The van der Waals surface area contributed by atoms with Crippen LogP contribution in [0.1, 0.15) is 20.7 Å². The van der Waals surface area contributed by atoms with Crippen molar-refractivity contribution < 1.29 is 38.7 Å². The first kappa shape index (κ1) is 23.5. The summed E-state index contributed by atoms with van der Waals surface area (Å²) in [6.45, 7) is 1.74. The molecule has 2 N–H and O–H groups in total. The summed E-state index contributed by atoms with van der Waals surface area (Å²) < 4.78 is 21.1. The van der Waals surface area contributed by atoms with E-state index in [1.54, 1.807) is 24.3 Å². The van der Waals surface area contributed by atoms with Crippen molar-refractivity contribution >= 4 is 11.6 Å². The van der Waals surface area contributed by atoms with E-state index < -0.39 is 11.6 Å². The summed E-state index contributed by atoms with van der Waals surface area (Å²) in [5.74, 6) is -0.120. The first-order valence-corrected chi connectivity index (χ1v) is 9.57. The van der Waals surface area contributed by atoms with Gasteiger partial charge in [-0.15, -0.1) is 0 Å². The fourth-order valence-electron chi connectivity index (χ4n) is 2.44. The molecule has 0 bridgehead atoms. The molecular formula is C22H26O8. The number of ketones is 2. The van der Waals surface area contributed by atoms with Crippen LogP contribution in [0.25, 0.3) is 0 Å². The maximum Gasteiger partial charge on any atom is 0.233 e. The van der Waals surface area contributed by atoms with E-state index in [0.717, 1.165) is 0 Å². The Hall–Kier alpha value is -2.78. The molecule has 0 aromatic heterocycles. The molecule has 162 valence electrons. The summed E-state index contributed by atoms with van der Waals surface area (Å²) in [4.78, 5) is 24.9. The van der Waals surface area contributed by atoms with Crippen molar-refractivity contribution in [3.63, 3.8) is 0 Å². The highest BCUT2D eigenvalue weighted by molar-refractivity contribution is 6.49. The Labute approximate surface area is 175 Å². The normalized spacial score (nSPS) is 10.6. The minimum absolute atomic E-state index is 0.0407. The van der Waals surface area contributed by atoms with Crippen molar-refractivity contribution in [2.24, 2.45) is 0 Å². The molecule has 2 rings (SSSR count). The van der Waals surface area contributed by atoms with Gasteiger partial charge in [0.1, 0.15) is 24.7 Å². The fraction of sp³-hybridized carbons (Fsp3) is 0.364. The van der Waals surface area contributed by atoms with E-state index in [2.05, 4.69) is 0 Å². The number of rotatable bonds is 15. The zero-order chi connectivity index (χ0) is 21.6. The van der Waals surface area contributed by atoms with Gasteiger partial charge in [-0.25, -0.2) is 0 Å². The smallest absolute Gasteiger partial charge is 0.233 e. The van der Waals surface area contributed by atoms with Gasteiger partial charge in [-0.05, 0) is 48.5 Å². The summed E-state index contributed by atoms with van der Waals surface area (Å²) >= 11 is 0. The highest BCUT2D eigenvalue weighted by Gasteiger charge is 2.18. The zero-order valence-electron chi connectivity index (χ0n) is 16.6. The lowest BCUT2D eigenvalue weighted by atomic mass is 10.0. The predicted octanol–water partition coefficient (Wildman–Crippen LogP) is 1.53. The van der Waals surface area contributed by atoms with Crippen LogP contribution in [0.15, 0.2) is 48.5 Å². The lowest BCUT2D eigenvalue weighted by molar-refractivity contribution is 0.0705. The third-order valence-corrected chi connectivity index (χ3v) is 3.90. The summed E-state index contributed by atoms with van der Waals surface area (Å²) in [6.07, 6.45) is 0. The van der Waals surface area contributed by atoms with Crippen LogP contribution in [0.4, 0.5) is 0 Å². The van der Waals surface area contributed by atoms with Gasteiger partial charge >= 0.3 is 0 Å². The Morgan fingerprint density at radius 3 is 1.27 bits per heavy atom. The molecule has 8 nitrogen and oxygen atoms in total. The predicted molar refractivity (Wildman–Crippen MR) is 108 cm³/mol. The highest BCUT2D eigenvalue weighted by atomic mass is 16.5. The average Bonchev–Trinajstić information content (AvgIpc) is 2.79. The van der Waals surface area contributed by atoms with Crippen LogP contribution < -0.4 is 9.47 Å². The molecule has 8 heteroatoms. The van der Waals surface area contributed by atoms with E-state index in [1.807, 2.05) is 0 Å². The van der Waals surface area contributed by atoms with Crippen LogP contribution in [-0.4, -0.2) is 74.6 Å². The second-order valence-corrected chi connectivity index (χ2v) is 6.08. The molecule has 0 aliphatic carbocycles. The van der Waals surface area contributed by atoms with Crippen molar-refractivity contribution in [3.8, 4) is 11.5 Å². The number of benzene rings is 2. The van der Waals surface area contributed by atoms with Gasteiger partial charge in [0.2, 0.25) is 11.6 Å². The van der Waals surface area contributed by atoms with Gasteiger partial charge in [0.25, 0.3) is 0 Å². The van der Waals surface area contributed by atoms with Crippen LogP contribution in [0.3, 0.4) is 0 Å². The highest BCUT2D eigenvalue weighted by Crippen LogP contribution is 2.17. The molecule has 0 unspecified atom stereocenters. The SMILES string of the molecule is O=C(C(=O)c1ccc(OCCOCCO)cc1)c1ccc(OCCOCCO)cc1. The molecule has 0 spiro atoms. The topological polar surface area (TPSA) is 112 Å². The van der Waals surface area contributed by atoms with Gasteiger partial charge in [-0.2, -0.15) is 0 Å². The van der Waals surface area contributed by atoms with Crippen LogP contribution in [-0.2, 0) is 9.47 Å². The number of aliphatic hydroxyl groups is 2. The minimum atomic E-state index is -0.612. The van der Waals surface area contributed by atoms with Crippen LogP contribution in [0, 0.1) is 0 Å². The molecule has 2 aromatic carbocycles. The lowest BCUT2D eigenvalue weighted by Crippen LogP contribution is -2.14. The number of hydrogen-bond acceptors (Lipinski definition) is 8. The summed E-state index contributed by atoms with van der Waals surface area (Å²) in [7, 11) is 0. The van der Waals surface area contributed by atoms with Gasteiger partial charge in [0.05, 0.1) is 39.6 Å². The molecule has 0 radical (unpaired) electrons. The van der Waals surface area contributed by atoms with E-state index in [1.165, 1.54) is 24.3 Å². The Morgan fingerprint density at radius 2 is 0.933 bits per heavy atom. The number of aliphatic hydroxyl groups excluding tert-OH is 2. The standard InChI is InChI=1S/C22H26O8/c23-9-11-27-13-15-29-19-5-1-17(2-6-19)21(25)22(26)18-3-7-20(8-4-18)30-16-14-28-12-10-24/h1-8,23-24H,9-16H2. The Morgan fingerprint density at radius 1 is 0.567 bits per heavy atom. The quantitative estimate of drug-likeness (QED) is 0.254. The summed E-state index contributed by atoms with van der Waals surface area (Å²) in [6, 6.07) is 12.6.